The molecule has 0 saturated carbocycles. The minimum atomic E-state index is -3.42. The Kier molecular flexibility index (Phi) is 11.3. The topological polar surface area (TPSA) is 73.8 Å². The first kappa shape index (κ1) is 26.5. The van der Waals surface area contributed by atoms with Crippen LogP contribution in [0.25, 0.3) is 0 Å². The molecule has 166 valence electrons. The van der Waals surface area contributed by atoms with E-state index in [0.717, 1.165) is 43.9 Å². The molecule has 1 aliphatic rings. The monoisotopic (exact) mass is 554 g/mol. The number of aliphatic imine (C=N–C) groups is 1. The summed E-state index contributed by atoms with van der Waals surface area (Å²) in [5, 5.41) is 6.62. The van der Waals surface area contributed by atoms with E-state index in [1.54, 1.807) is 34.3 Å². The third-order valence-electron chi connectivity index (χ3n) is 4.85. The molecular formula is C20H35IN4O2S2. The molecule has 0 radical (unpaired) electrons. The first-order valence-electron chi connectivity index (χ1n) is 9.95. The number of piperidine rings is 1. The molecule has 29 heavy (non-hydrogen) atoms. The Hall–Kier alpha value is -0.520. The number of benzene rings is 1. The van der Waals surface area contributed by atoms with Crippen molar-refractivity contribution in [2.24, 2.45) is 4.99 Å². The van der Waals surface area contributed by atoms with Gasteiger partial charge in [0.15, 0.2) is 5.96 Å². The summed E-state index contributed by atoms with van der Waals surface area (Å²) in [4.78, 5) is 5.00. The van der Waals surface area contributed by atoms with E-state index < -0.39 is 10.0 Å². The van der Waals surface area contributed by atoms with Crippen LogP contribution in [0.5, 0.6) is 0 Å². The molecule has 0 aromatic heterocycles. The highest BCUT2D eigenvalue weighted by Gasteiger charge is 2.25. The van der Waals surface area contributed by atoms with Crippen LogP contribution in [0.3, 0.4) is 0 Å². The molecule has 0 amide bonds. The minimum Gasteiger partial charge on any atom is -0.357 e. The van der Waals surface area contributed by atoms with E-state index >= 15 is 0 Å². The molecule has 0 bridgehead atoms. The van der Waals surface area contributed by atoms with Crippen LogP contribution >= 0.6 is 35.7 Å². The molecular weight excluding hydrogens is 519 g/mol. The van der Waals surface area contributed by atoms with Crippen molar-refractivity contribution >= 4 is 51.7 Å². The van der Waals surface area contributed by atoms with Crippen molar-refractivity contribution in [1.29, 1.82) is 0 Å². The summed E-state index contributed by atoms with van der Waals surface area (Å²) in [6, 6.07) is 7.16. The predicted molar refractivity (Wildman–Crippen MR) is 135 cm³/mol. The zero-order chi connectivity index (χ0) is 20.6. The van der Waals surface area contributed by atoms with Crippen LogP contribution in [0.15, 0.2) is 34.2 Å². The summed E-state index contributed by atoms with van der Waals surface area (Å²) in [7, 11) is -3.42. The number of nitrogens with one attached hydrogen (secondary N) is 2. The summed E-state index contributed by atoms with van der Waals surface area (Å²) in [6.45, 7) is 9.63. The van der Waals surface area contributed by atoms with Gasteiger partial charge < -0.3 is 10.6 Å². The van der Waals surface area contributed by atoms with Crippen LogP contribution in [0, 0.1) is 0 Å². The Morgan fingerprint density at radius 3 is 2.52 bits per heavy atom. The fraction of sp³-hybridized carbons (Fsp3) is 0.650. The SMILES string of the molecule is CCNC(=NCc1cccc(S(=O)(=O)N2CCCCC2)c1)NCC(C)(C)SC.I. The van der Waals surface area contributed by atoms with Gasteiger partial charge in [-0.05, 0) is 57.6 Å². The van der Waals surface area contributed by atoms with E-state index in [1.165, 1.54) is 0 Å². The second-order valence-corrected chi connectivity index (χ2v) is 11.1. The summed E-state index contributed by atoms with van der Waals surface area (Å²) >= 11 is 1.80. The molecule has 0 aliphatic carbocycles. The van der Waals surface area contributed by atoms with Gasteiger partial charge in [-0.2, -0.15) is 16.1 Å². The molecule has 0 unspecified atom stereocenters. The van der Waals surface area contributed by atoms with Crippen LogP contribution in [-0.2, 0) is 16.6 Å². The average molecular weight is 555 g/mol. The second kappa shape index (κ2) is 12.4. The van der Waals surface area contributed by atoms with Gasteiger partial charge in [0.05, 0.1) is 11.4 Å². The van der Waals surface area contributed by atoms with Gasteiger partial charge in [-0.25, -0.2) is 13.4 Å². The molecule has 6 nitrogen and oxygen atoms in total. The number of guanidine groups is 1. The third-order valence-corrected chi connectivity index (χ3v) is 7.99. The summed E-state index contributed by atoms with van der Waals surface area (Å²) in [6.07, 6.45) is 5.08. The van der Waals surface area contributed by atoms with Crippen molar-refractivity contribution in [1.82, 2.24) is 14.9 Å². The molecule has 2 N–H and O–H groups in total. The molecule has 1 aliphatic heterocycles. The fourth-order valence-electron chi connectivity index (χ4n) is 2.94. The molecule has 9 heteroatoms. The summed E-state index contributed by atoms with van der Waals surface area (Å²) in [5.41, 5.74) is 0.888. The van der Waals surface area contributed by atoms with E-state index in [0.29, 0.717) is 24.5 Å². The lowest BCUT2D eigenvalue weighted by molar-refractivity contribution is 0.346. The lowest BCUT2D eigenvalue weighted by Crippen LogP contribution is -2.43. The Labute approximate surface area is 197 Å². The van der Waals surface area contributed by atoms with Crippen LogP contribution in [0.4, 0.5) is 0 Å². The first-order chi connectivity index (χ1) is 13.3. The number of halogens is 1. The van der Waals surface area contributed by atoms with Crippen molar-refractivity contribution in [3.8, 4) is 0 Å². The molecule has 1 heterocycles. The highest BCUT2D eigenvalue weighted by Crippen LogP contribution is 2.22. The Morgan fingerprint density at radius 2 is 1.90 bits per heavy atom. The highest BCUT2D eigenvalue weighted by molar-refractivity contribution is 14.0. The molecule has 1 aromatic rings. The second-order valence-electron chi connectivity index (χ2n) is 7.62. The maximum absolute atomic E-state index is 12.9. The average Bonchev–Trinajstić information content (AvgIpc) is 2.71. The van der Waals surface area contributed by atoms with Crippen molar-refractivity contribution < 1.29 is 8.42 Å². The van der Waals surface area contributed by atoms with E-state index in [1.807, 2.05) is 13.0 Å². The molecule has 1 saturated heterocycles. The van der Waals surface area contributed by atoms with E-state index in [-0.39, 0.29) is 28.7 Å². The van der Waals surface area contributed by atoms with Crippen molar-refractivity contribution in [3.63, 3.8) is 0 Å². The quantitative estimate of drug-likeness (QED) is 0.292. The standard InChI is InChI=1S/C20H34N4O2S2.HI/c1-5-21-19(23-16-20(2,3)27-4)22-15-17-10-9-11-18(14-17)28(25,26)24-12-7-6-8-13-24;/h9-11,14H,5-8,12-13,15-16H2,1-4H3,(H2,21,22,23);1H. The van der Waals surface area contributed by atoms with Gasteiger partial charge in [-0.1, -0.05) is 18.6 Å². The third kappa shape index (κ3) is 8.26. The summed E-state index contributed by atoms with van der Waals surface area (Å²) in [5.74, 6) is 0.744. The molecule has 1 fully saturated rings. The molecule has 1 aromatic carbocycles. The largest absolute Gasteiger partial charge is 0.357 e. The number of thioether (sulfide) groups is 1. The lowest BCUT2D eigenvalue weighted by Gasteiger charge is -2.26. The van der Waals surface area contributed by atoms with Gasteiger partial charge in [0, 0.05) is 30.9 Å². The van der Waals surface area contributed by atoms with Crippen LogP contribution in [-0.4, -0.2) is 55.9 Å². The Balaban J connectivity index is 0.00000420. The number of rotatable bonds is 8. The van der Waals surface area contributed by atoms with Gasteiger partial charge in [0.1, 0.15) is 0 Å². The van der Waals surface area contributed by atoms with E-state index in [2.05, 4.69) is 35.7 Å². The Morgan fingerprint density at radius 1 is 1.21 bits per heavy atom. The lowest BCUT2D eigenvalue weighted by atomic mass is 10.2. The zero-order valence-electron chi connectivity index (χ0n) is 17.9. The van der Waals surface area contributed by atoms with Gasteiger partial charge in [0.2, 0.25) is 10.0 Å². The van der Waals surface area contributed by atoms with E-state index in [4.69, 9.17) is 0 Å². The predicted octanol–water partition coefficient (Wildman–Crippen LogP) is 3.68. The van der Waals surface area contributed by atoms with Gasteiger partial charge in [-0.15, -0.1) is 24.0 Å². The number of sulfonamides is 1. The van der Waals surface area contributed by atoms with Crippen molar-refractivity contribution in [2.45, 2.75) is 56.2 Å². The normalized spacial score (nSPS) is 16.2. The fourth-order valence-corrected chi connectivity index (χ4v) is 4.74. The van der Waals surface area contributed by atoms with E-state index in [9.17, 15) is 8.42 Å². The minimum absolute atomic E-state index is 0. The highest BCUT2D eigenvalue weighted by atomic mass is 127. The summed E-state index contributed by atoms with van der Waals surface area (Å²) < 4.78 is 27.5. The smallest absolute Gasteiger partial charge is 0.243 e. The number of hydrogen-bond donors (Lipinski definition) is 2. The number of hydrogen-bond acceptors (Lipinski definition) is 4. The molecule has 0 spiro atoms. The Bertz CT molecular complexity index is 763. The maximum Gasteiger partial charge on any atom is 0.243 e. The van der Waals surface area contributed by atoms with Crippen LogP contribution < -0.4 is 10.6 Å². The molecule has 0 atom stereocenters. The van der Waals surface area contributed by atoms with Crippen molar-refractivity contribution in [3.05, 3.63) is 29.8 Å². The first-order valence-corrected chi connectivity index (χ1v) is 12.6. The van der Waals surface area contributed by atoms with Gasteiger partial charge in [-0.3, -0.25) is 0 Å². The van der Waals surface area contributed by atoms with Crippen molar-refractivity contribution in [2.75, 3.05) is 32.4 Å². The van der Waals surface area contributed by atoms with Gasteiger partial charge >= 0.3 is 0 Å². The zero-order valence-corrected chi connectivity index (χ0v) is 21.9. The maximum atomic E-state index is 12.9. The van der Waals surface area contributed by atoms with Gasteiger partial charge in [0.25, 0.3) is 0 Å². The van der Waals surface area contributed by atoms with Crippen LogP contribution in [0.2, 0.25) is 0 Å². The number of nitrogens with zero attached hydrogens (tertiary/aromatic N) is 2. The van der Waals surface area contributed by atoms with Crippen LogP contribution in [0.1, 0.15) is 45.6 Å². The molecule has 2 rings (SSSR count).